The molecule has 1 aromatic carbocycles. The molecule has 1 aromatic heterocycles. The van der Waals surface area contributed by atoms with E-state index in [0.29, 0.717) is 11.3 Å². The van der Waals surface area contributed by atoms with Crippen LogP contribution in [-0.4, -0.2) is 37.4 Å². The van der Waals surface area contributed by atoms with E-state index in [4.69, 9.17) is 4.42 Å². The molecule has 1 saturated heterocycles. The normalized spacial score (nSPS) is 17.9. The molecular formula is C16H17F3N2O2. The molecule has 1 N–H and O–H groups in total. The van der Waals surface area contributed by atoms with Crippen molar-refractivity contribution in [1.29, 1.82) is 0 Å². The predicted molar refractivity (Wildman–Crippen MR) is 78.1 cm³/mol. The Hall–Kier alpha value is -1.99. The van der Waals surface area contributed by atoms with E-state index >= 15 is 0 Å². The summed E-state index contributed by atoms with van der Waals surface area (Å²) in [6, 6.07) is 9.46. The Kier molecular flexibility index (Phi) is 4.58. The molecule has 0 saturated carbocycles. The third kappa shape index (κ3) is 4.05. The lowest BCUT2D eigenvalue weighted by Gasteiger charge is -2.34. The average molecular weight is 326 g/mol. The molecule has 3 rings (SSSR count). The highest BCUT2D eigenvalue weighted by atomic mass is 19.4. The minimum atomic E-state index is -4.70. The standard InChI is InChI=1S/C16H17F3N2O2/c17-16(18,19)23-13-4-1-3-12(11-13)15(14-5-2-10-22-14)21-8-6-20-7-9-21/h1-5,10-11,15,20H,6-9H2/t15-/m0/s1. The summed E-state index contributed by atoms with van der Waals surface area (Å²) in [6.45, 7) is 3.23. The van der Waals surface area contributed by atoms with Gasteiger partial charge >= 0.3 is 6.36 Å². The molecule has 0 spiro atoms. The zero-order valence-electron chi connectivity index (χ0n) is 12.3. The molecule has 4 nitrogen and oxygen atoms in total. The van der Waals surface area contributed by atoms with Crippen molar-refractivity contribution >= 4 is 0 Å². The van der Waals surface area contributed by atoms with E-state index in [1.165, 1.54) is 12.1 Å². The fourth-order valence-electron chi connectivity index (χ4n) is 2.82. The van der Waals surface area contributed by atoms with Crippen molar-refractivity contribution in [2.24, 2.45) is 0 Å². The van der Waals surface area contributed by atoms with E-state index in [1.807, 2.05) is 6.07 Å². The Bertz CT molecular complexity index is 623. The van der Waals surface area contributed by atoms with Crippen molar-refractivity contribution in [3.63, 3.8) is 0 Å². The molecule has 0 amide bonds. The van der Waals surface area contributed by atoms with Gasteiger partial charge in [0.1, 0.15) is 11.5 Å². The number of benzene rings is 1. The summed E-state index contributed by atoms with van der Waals surface area (Å²) in [5.41, 5.74) is 0.712. The highest BCUT2D eigenvalue weighted by Crippen LogP contribution is 2.32. The Morgan fingerprint density at radius 2 is 1.91 bits per heavy atom. The Balaban J connectivity index is 1.91. The molecule has 2 heterocycles. The van der Waals surface area contributed by atoms with Gasteiger partial charge in [0, 0.05) is 26.2 Å². The van der Waals surface area contributed by atoms with Crippen molar-refractivity contribution in [2.75, 3.05) is 26.2 Å². The molecule has 0 bridgehead atoms. The minimum Gasteiger partial charge on any atom is -0.467 e. The summed E-state index contributed by atoms with van der Waals surface area (Å²) < 4.78 is 46.9. The lowest BCUT2D eigenvalue weighted by Crippen LogP contribution is -2.45. The largest absolute Gasteiger partial charge is 0.573 e. The van der Waals surface area contributed by atoms with Crippen LogP contribution >= 0.6 is 0 Å². The predicted octanol–water partition coefficient (Wildman–Crippen LogP) is 3.17. The first-order valence-electron chi connectivity index (χ1n) is 7.37. The second kappa shape index (κ2) is 6.64. The van der Waals surface area contributed by atoms with Gasteiger partial charge in [0.2, 0.25) is 0 Å². The number of nitrogens with one attached hydrogen (secondary N) is 1. The van der Waals surface area contributed by atoms with Gasteiger partial charge < -0.3 is 14.5 Å². The lowest BCUT2D eigenvalue weighted by atomic mass is 10.0. The molecule has 7 heteroatoms. The summed E-state index contributed by atoms with van der Waals surface area (Å²) in [7, 11) is 0. The molecule has 0 aliphatic carbocycles. The third-order valence-corrected chi connectivity index (χ3v) is 3.74. The minimum absolute atomic E-state index is 0.221. The van der Waals surface area contributed by atoms with Crippen molar-refractivity contribution in [3.05, 3.63) is 54.0 Å². The smallest absolute Gasteiger partial charge is 0.467 e. The maximum absolute atomic E-state index is 12.4. The average Bonchev–Trinajstić information content (AvgIpc) is 3.01. The second-order valence-corrected chi connectivity index (χ2v) is 5.32. The van der Waals surface area contributed by atoms with Crippen molar-refractivity contribution in [1.82, 2.24) is 10.2 Å². The second-order valence-electron chi connectivity index (χ2n) is 5.32. The Labute approximate surface area is 131 Å². The number of ether oxygens (including phenoxy) is 1. The van der Waals surface area contributed by atoms with E-state index in [-0.39, 0.29) is 11.8 Å². The summed E-state index contributed by atoms with van der Waals surface area (Å²) in [4.78, 5) is 2.18. The molecule has 1 aliphatic rings. The van der Waals surface area contributed by atoms with Gasteiger partial charge in [-0.1, -0.05) is 12.1 Å². The molecule has 0 radical (unpaired) electrons. The summed E-state index contributed by atoms with van der Waals surface area (Å²) in [6.07, 6.45) is -3.13. The fourth-order valence-corrected chi connectivity index (χ4v) is 2.82. The van der Waals surface area contributed by atoms with E-state index in [0.717, 1.165) is 26.2 Å². The number of hydrogen-bond donors (Lipinski definition) is 1. The van der Waals surface area contributed by atoms with Gasteiger partial charge in [0.15, 0.2) is 0 Å². The van der Waals surface area contributed by atoms with E-state index < -0.39 is 6.36 Å². The first kappa shape index (κ1) is 15.9. The zero-order chi connectivity index (χ0) is 16.3. The maximum atomic E-state index is 12.4. The highest BCUT2D eigenvalue weighted by molar-refractivity contribution is 5.34. The van der Waals surface area contributed by atoms with Crippen LogP contribution in [0.15, 0.2) is 47.1 Å². The van der Waals surface area contributed by atoms with Crippen LogP contribution < -0.4 is 10.1 Å². The van der Waals surface area contributed by atoms with Crippen LogP contribution in [0.1, 0.15) is 17.4 Å². The third-order valence-electron chi connectivity index (χ3n) is 3.74. The SMILES string of the molecule is FC(F)(F)Oc1cccc([C@@H](c2ccco2)N2CCNCC2)c1. The number of nitrogens with zero attached hydrogens (tertiary/aromatic N) is 1. The molecule has 1 aliphatic heterocycles. The van der Waals surface area contributed by atoms with Crippen LogP contribution in [0.25, 0.3) is 0 Å². The van der Waals surface area contributed by atoms with Crippen molar-refractivity contribution in [2.45, 2.75) is 12.4 Å². The fraction of sp³-hybridized carbons (Fsp3) is 0.375. The number of piperazine rings is 1. The zero-order valence-corrected chi connectivity index (χ0v) is 12.3. The van der Waals surface area contributed by atoms with Gasteiger partial charge in [0.25, 0.3) is 0 Å². The Morgan fingerprint density at radius 3 is 2.57 bits per heavy atom. The monoisotopic (exact) mass is 326 g/mol. The van der Waals surface area contributed by atoms with Gasteiger partial charge in [-0.05, 0) is 29.8 Å². The summed E-state index contributed by atoms with van der Waals surface area (Å²) >= 11 is 0. The van der Waals surface area contributed by atoms with Gasteiger partial charge in [-0.3, -0.25) is 4.90 Å². The number of hydrogen-bond acceptors (Lipinski definition) is 4. The number of rotatable bonds is 4. The van der Waals surface area contributed by atoms with Crippen molar-refractivity contribution < 1.29 is 22.3 Å². The summed E-state index contributed by atoms with van der Waals surface area (Å²) in [5.74, 6) is 0.484. The van der Waals surface area contributed by atoms with Crippen LogP contribution in [-0.2, 0) is 0 Å². The van der Waals surface area contributed by atoms with Crippen LogP contribution in [0.3, 0.4) is 0 Å². The summed E-state index contributed by atoms with van der Waals surface area (Å²) in [5, 5.41) is 3.26. The van der Waals surface area contributed by atoms with E-state index in [1.54, 1.807) is 24.5 Å². The van der Waals surface area contributed by atoms with Gasteiger partial charge in [0.05, 0.1) is 12.3 Å². The van der Waals surface area contributed by atoms with E-state index in [2.05, 4.69) is 15.0 Å². The molecular weight excluding hydrogens is 309 g/mol. The van der Waals surface area contributed by atoms with Crippen LogP contribution in [0.2, 0.25) is 0 Å². The number of halogens is 3. The molecule has 1 fully saturated rings. The van der Waals surface area contributed by atoms with Gasteiger partial charge in [-0.15, -0.1) is 13.2 Å². The maximum Gasteiger partial charge on any atom is 0.573 e. The van der Waals surface area contributed by atoms with Crippen molar-refractivity contribution in [3.8, 4) is 5.75 Å². The van der Waals surface area contributed by atoms with Gasteiger partial charge in [-0.25, -0.2) is 0 Å². The Morgan fingerprint density at radius 1 is 1.13 bits per heavy atom. The molecule has 2 aromatic rings. The van der Waals surface area contributed by atoms with Gasteiger partial charge in [-0.2, -0.15) is 0 Å². The number of alkyl halides is 3. The molecule has 0 unspecified atom stereocenters. The molecule has 124 valence electrons. The number of furan rings is 1. The van der Waals surface area contributed by atoms with E-state index in [9.17, 15) is 13.2 Å². The molecule has 1 atom stereocenters. The first-order valence-corrected chi connectivity index (χ1v) is 7.37. The topological polar surface area (TPSA) is 37.6 Å². The highest BCUT2D eigenvalue weighted by Gasteiger charge is 2.32. The quantitative estimate of drug-likeness (QED) is 0.936. The van der Waals surface area contributed by atoms with Crippen LogP contribution in [0.5, 0.6) is 5.75 Å². The molecule has 23 heavy (non-hydrogen) atoms. The lowest BCUT2D eigenvalue weighted by molar-refractivity contribution is -0.274. The van der Waals surface area contributed by atoms with Crippen LogP contribution in [0.4, 0.5) is 13.2 Å². The van der Waals surface area contributed by atoms with Crippen LogP contribution in [0, 0.1) is 0 Å². The first-order chi connectivity index (χ1) is 11.0.